The molecule has 14 heavy (non-hydrogen) atoms. The minimum Gasteiger partial charge on any atom is -0.291 e. The van der Waals surface area contributed by atoms with Crippen molar-refractivity contribution >= 4 is 0 Å². The van der Waals surface area contributed by atoms with E-state index in [0.29, 0.717) is 5.92 Å². The standard InChI is InChI=1S/C10H14N4/c1-2-6-9-8(4-1)5-3-7-14-10(9)11-12-13-14/h1-2,4,6,8,11-13H,3,5,7H2. The summed E-state index contributed by atoms with van der Waals surface area (Å²) < 4.78 is 0. The summed E-state index contributed by atoms with van der Waals surface area (Å²) in [5.74, 6) is 1.75. The van der Waals surface area contributed by atoms with Gasteiger partial charge in [-0.25, -0.2) is 0 Å². The first-order chi connectivity index (χ1) is 6.95. The Labute approximate surface area is 83.3 Å². The molecule has 0 aromatic heterocycles. The molecule has 0 aromatic rings. The Kier molecular flexibility index (Phi) is 1.82. The summed E-state index contributed by atoms with van der Waals surface area (Å²) in [7, 11) is 0. The molecule has 1 aliphatic carbocycles. The van der Waals surface area contributed by atoms with Gasteiger partial charge in [0.25, 0.3) is 0 Å². The summed E-state index contributed by atoms with van der Waals surface area (Å²) in [6, 6.07) is 0. The van der Waals surface area contributed by atoms with Crippen molar-refractivity contribution < 1.29 is 0 Å². The maximum absolute atomic E-state index is 3.16. The third kappa shape index (κ3) is 1.15. The quantitative estimate of drug-likeness (QED) is 0.522. The summed E-state index contributed by atoms with van der Waals surface area (Å²) in [6.07, 6.45) is 11.2. The third-order valence-corrected chi connectivity index (χ3v) is 2.94. The number of nitrogens with one attached hydrogen (secondary N) is 3. The van der Waals surface area contributed by atoms with Crippen LogP contribution in [0.3, 0.4) is 0 Å². The van der Waals surface area contributed by atoms with Crippen molar-refractivity contribution in [3.05, 3.63) is 35.7 Å². The number of hydrazine groups is 3. The first kappa shape index (κ1) is 8.08. The van der Waals surface area contributed by atoms with Gasteiger partial charge in [0.05, 0.1) is 0 Å². The molecule has 0 radical (unpaired) electrons. The fourth-order valence-corrected chi connectivity index (χ4v) is 2.23. The lowest BCUT2D eigenvalue weighted by atomic mass is 9.91. The Morgan fingerprint density at radius 2 is 2.36 bits per heavy atom. The van der Waals surface area contributed by atoms with Gasteiger partial charge in [0.15, 0.2) is 0 Å². The van der Waals surface area contributed by atoms with Crippen molar-refractivity contribution in [2.24, 2.45) is 5.92 Å². The third-order valence-electron chi connectivity index (χ3n) is 2.94. The van der Waals surface area contributed by atoms with Crippen LogP contribution in [0.25, 0.3) is 0 Å². The molecule has 2 heterocycles. The van der Waals surface area contributed by atoms with Gasteiger partial charge in [0.2, 0.25) is 0 Å². The van der Waals surface area contributed by atoms with Gasteiger partial charge in [-0.05, 0) is 12.8 Å². The van der Waals surface area contributed by atoms with Crippen LogP contribution in [-0.2, 0) is 0 Å². The molecule has 0 aromatic carbocycles. The summed E-state index contributed by atoms with van der Waals surface area (Å²) >= 11 is 0. The number of nitrogens with zero attached hydrogens (tertiary/aromatic N) is 1. The molecule has 74 valence electrons. The molecular formula is C10H14N4. The zero-order valence-electron chi connectivity index (χ0n) is 7.96. The topological polar surface area (TPSA) is 39.3 Å². The Bertz CT molecular complexity index is 329. The first-order valence-corrected chi connectivity index (χ1v) is 5.08. The van der Waals surface area contributed by atoms with Gasteiger partial charge in [-0.2, -0.15) is 11.1 Å². The normalized spacial score (nSPS) is 29.7. The SMILES string of the molecule is C1=CC2=C3NNNN3CCCC2C=C1. The van der Waals surface area contributed by atoms with Crippen molar-refractivity contribution in [2.45, 2.75) is 12.8 Å². The summed E-state index contributed by atoms with van der Waals surface area (Å²) in [6.45, 7) is 1.05. The molecule has 3 rings (SSSR count). The zero-order chi connectivity index (χ0) is 9.38. The van der Waals surface area contributed by atoms with E-state index in [1.54, 1.807) is 0 Å². The average Bonchev–Trinajstić information content (AvgIpc) is 2.61. The smallest absolute Gasteiger partial charge is 0.136 e. The molecule has 3 N–H and O–H groups in total. The van der Waals surface area contributed by atoms with Gasteiger partial charge < -0.3 is 0 Å². The summed E-state index contributed by atoms with van der Waals surface area (Å²) in [5, 5.41) is 2.14. The number of allylic oxidation sites excluding steroid dienone is 5. The fraction of sp³-hybridized carbons (Fsp3) is 0.400. The molecule has 4 heteroatoms. The molecular weight excluding hydrogens is 176 g/mol. The van der Waals surface area contributed by atoms with Crippen molar-refractivity contribution in [3.8, 4) is 0 Å². The number of hydrogen-bond acceptors (Lipinski definition) is 4. The number of fused-ring (bicyclic) bond motifs is 2. The van der Waals surface area contributed by atoms with Gasteiger partial charge in [0, 0.05) is 18.0 Å². The summed E-state index contributed by atoms with van der Waals surface area (Å²) in [4.78, 5) is 0. The molecule has 1 fully saturated rings. The highest BCUT2D eigenvalue weighted by molar-refractivity contribution is 5.36. The van der Waals surface area contributed by atoms with Crippen LogP contribution in [0, 0.1) is 5.92 Å². The van der Waals surface area contributed by atoms with Crippen LogP contribution >= 0.6 is 0 Å². The van der Waals surface area contributed by atoms with Gasteiger partial charge >= 0.3 is 0 Å². The predicted molar refractivity (Wildman–Crippen MR) is 54.1 cm³/mol. The molecule has 0 amide bonds. The van der Waals surface area contributed by atoms with E-state index >= 15 is 0 Å². The summed E-state index contributed by atoms with van der Waals surface area (Å²) in [5.41, 5.74) is 10.6. The predicted octanol–water partition coefficient (Wildman–Crippen LogP) is 0.563. The Morgan fingerprint density at radius 1 is 1.36 bits per heavy atom. The van der Waals surface area contributed by atoms with Gasteiger partial charge in [-0.15, -0.1) is 0 Å². The molecule has 0 bridgehead atoms. The monoisotopic (exact) mass is 190 g/mol. The molecule has 0 spiro atoms. The Hall–Kier alpha value is -1.26. The van der Waals surface area contributed by atoms with Crippen LogP contribution < -0.4 is 16.5 Å². The first-order valence-electron chi connectivity index (χ1n) is 5.08. The van der Waals surface area contributed by atoms with Crippen molar-refractivity contribution in [3.63, 3.8) is 0 Å². The van der Waals surface area contributed by atoms with E-state index in [1.807, 2.05) is 0 Å². The van der Waals surface area contributed by atoms with Crippen LogP contribution in [0.15, 0.2) is 35.7 Å². The molecule has 4 nitrogen and oxygen atoms in total. The van der Waals surface area contributed by atoms with Crippen LogP contribution in [0.1, 0.15) is 12.8 Å². The maximum Gasteiger partial charge on any atom is 0.136 e. The van der Waals surface area contributed by atoms with E-state index in [4.69, 9.17) is 0 Å². The van der Waals surface area contributed by atoms with E-state index in [2.05, 4.69) is 45.8 Å². The number of hydrogen-bond donors (Lipinski definition) is 3. The maximum atomic E-state index is 3.16. The molecule has 3 aliphatic rings. The highest BCUT2D eigenvalue weighted by Crippen LogP contribution is 2.29. The molecule has 1 atom stereocenters. The van der Waals surface area contributed by atoms with E-state index in [0.717, 1.165) is 6.54 Å². The largest absolute Gasteiger partial charge is 0.291 e. The Morgan fingerprint density at radius 3 is 3.36 bits per heavy atom. The lowest BCUT2D eigenvalue weighted by molar-refractivity contribution is 0.267. The second kappa shape index (κ2) is 3.15. The average molecular weight is 190 g/mol. The van der Waals surface area contributed by atoms with E-state index in [1.165, 1.54) is 24.2 Å². The van der Waals surface area contributed by atoms with Gasteiger partial charge in [-0.1, -0.05) is 24.3 Å². The van der Waals surface area contributed by atoms with Crippen LogP contribution in [-0.4, -0.2) is 11.6 Å². The lowest BCUT2D eigenvalue weighted by Gasteiger charge is -2.18. The van der Waals surface area contributed by atoms with E-state index in [9.17, 15) is 0 Å². The molecule has 0 saturated carbocycles. The fourth-order valence-electron chi connectivity index (χ4n) is 2.23. The van der Waals surface area contributed by atoms with Crippen molar-refractivity contribution in [1.29, 1.82) is 0 Å². The van der Waals surface area contributed by atoms with Crippen LogP contribution in [0.5, 0.6) is 0 Å². The second-order valence-corrected chi connectivity index (χ2v) is 3.81. The highest BCUT2D eigenvalue weighted by atomic mass is 15.9. The molecule has 1 unspecified atom stereocenters. The lowest BCUT2D eigenvalue weighted by Crippen LogP contribution is -2.37. The van der Waals surface area contributed by atoms with Crippen molar-refractivity contribution in [1.82, 2.24) is 21.5 Å². The second-order valence-electron chi connectivity index (χ2n) is 3.81. The molecule has 2 aliphatic heterocycles. The Balaban J connectivity index is 2.03. The minimum absolute atomic E-state index is 0.578. The van der Waals surface area contributed by atoms with E-state index < -0.39 is 0 Å². The number of rotatable bonds is 0. The van der Waals surface area contributed by atoms with Gasteiger partial charge in [-0.3, -0.25) is 10.4 Å². The zero-order valence-corrected chi connectivity index (χ0v) is 7.96. The van der Waals surface area contributed by atoms with Gasteiger partial charge in [0.1, 0.15) is 5.82 Å². The van der Waals surface area contributed by atoms with Crippen LogP contribution in [0.4, 0.5) is 0 Å². The highest BCUT2D eigenvalue weighted by Gasteiger charge is 2.26. The minimum atomic E-state index is 0.578. The van der Waals surface area contributed by atoms with Crippen LogP contribution in [0.2, 0.25) is 0 Å². The van der Waals surface area contributed by atoms with E-state index in [-0.39, 0.29) is 0 Å². The molecule has 1 saturated heterocycles. The van der Waals surface area contributed by atoms with Crippen molar-refractivity contribution in [2.75, 3.05) is 6.54 Å².